The minimum absolute atomic E-state index is 0.0390. The molecule has 0 radical (unpaired) electrons. The van der Waals surface area contributed by atoms with Crippen LogP contribution in [-0.2, 0) is 11.2 Å². The van der Waals surface area contributed by atoms with Crippen LogP contribution in [0.2, 0.25) is 0 Å². The number of carbonyl (C=O) groups excluding carboxylic acids is 1. The molecule has 1 aromatic rings. The summed E-state index contributed by atoms with van der Waals surface area (Å²) in [5.41, 5.74) is 0.795. The van der Waals surface area contributed by atoms with Gasteiger partial charge in [0.2, 0.25) is 0 Å². The SMILES string of the molecule is CC(COCC(F)(F)F)NC(=O)NCCc1ccc(OC(F)F)cc1. The Labute approximate surface area is 141 Å². The first-order valence-electron chi connectivity index (χ1n) is 7.38. The zero-order chi connectivity index (χ0) is 18.9. The first-order valence-corrected chi connectivity index (χ1v) is 7.38. The van der Waals surface area contributed by atoms with Gasteiger partial charge in [0, 0.05) is 6.54 Å². The van der Waals surface area contributed by atoms with E-state index in [1.807, 2.05) is 0 Å². The van der Waals surface area contributed by atoms with E-state index in [-0.39, 0.29) is 18.9 Å². The van der Waals surface area contributed by atoms with Gasteiger partial charge in [-0.15, -0.1) is 0 Å². The number of urea groups is 1. The molecule has 0 aliphatic rings. The maximum Gasteiger partial charge on any atom is 0.411 e. The van der Waals surface area contributed by atoms with Crippen LogP contribution in [0.5, 0.6) is 5.75 Å². The van der Waals surface area contributed by atoms with Gasteiger partial charge in [0.1, 0.15) is 12.4 Å². The van der Waals surface area contributed by atoms with Crippen molar-refractivity contribution in [1.29, 1.82) is 0 Å². The maximum absolute atomic E-state index is 12.0. The molecule has 0 aliphatic carbocycles. The Morgan fingerprint density at radius 2 is 1.84 bits per heavy atom. The summed E-state index contributed by atoms with van der Waals surface area (Å²) in [7, 11) is 0. The van der Waals surface area contributed by atoms with Crippen LogP contribution >= 0.6 is 0 Å². The molecule has 1 unspecified atom stereocenters. The lowest BCUT2D eigenvalue weighted by atomic mass is 10.1. The van der Waals surface area contributed by atoms with Crippen LogP contribution < -0.4 is 15.4 Å². The lowest BCUT2D eigenvalue weighted by molar-refractivity contribution is -0.174. The van der Waals surface area contributed by atoms with E-state index in [2.05, 4.69) is 20.1 Å². The Balaban J connectivity index is 2.21. The van der Waals surface area contributed by atoms with Gasteiger partial charge in [-0.1, -0.05) is 12.1 Å². The lowest BCUT2D eigenvalue weighted by Crippen LogP contribution is -2.43. The molecule has 10 heteroatoms. The van der Waals surface area contributed by atoms with E-state index in [0.717, 1.165) is 5.56 Å². The number of nitrogens with one attached hydrogen (secondary N) is 2. The molecule has 25 heavy (non-hydrogen) atoms. The monoisotopic (exact) mass is 370 g/mol. The topological polar surface area (TPSA) is 59.6 Å². The number of carbonyl (C=O) groups is 1. The van der Waals surface area contributed by atoms with Crippen molar-refractivity contribution in [1.82, 2.24) is 10.6 Å². The fourth-order valence-corrected chi connectivity index (χ4v) is 1.83. The molecule has 142 valence electrons. The molecule has 0 spiro atoms. The highest BCUT2D eigenvalue weighted by atomic mass is 19.4. The zero-order valence-corrected chi connectivity index (χ0v) is 13.4. The summed E-state index contributed by atoms with van der Waals surface area (Å²) in [5, 5.41) is 4.97. The first kappa shape index (κ1) is 20.9. The van der Waals surface area contributed by atoms with E-state index in [1.54, 1.807) is 12.1 Å². The van der Waals surface area contributed by atoms with Gasteiger partial charge in [-0.3, -0.25) is 0 Å². The molecule has 1 aromatic carbocycles. The molecule has 0 heterocycles. The van der Waals surface area contributed by atoms with Gasteiger partial charge in [-0.05, 0) is 31.0 Å². The van der Waals surface area contributed by atoms with Gasteiger partial charge < -0.3 is 20.1 Å². The summed E-state index contributed by atoms with van der Waals surface area (Å²) < 4.78 is 68.4. The van der Waals surface area contributed by atoms with E-state index < -0.39 is 31.5 Å². The molecule has 0 fully saturated rings. The third-order valence-electron chi connectivity index (χ3n) is 2.86. The second kappa shape index (κ2) is 10.0. The molecular formula is C15H19F5N2O3. The molecule has 0 aromatic heterocycles. The van der Waals surface area contributed by atoms with Crippen molar-refractivity contribution < 1.29 is 36.2 Å². The third-order valence-corrected chi connectivity index (χ3v) is 2.86. The molecule has 0 bridgehead atoms. The Morgan fingerprint density at radius 1 is 1.20 bits per heavy atom. The van der Waals surface area contributed by atoms with Crippen molar-refractivity contribution in [2.45, 2.75) is 32.2 Å². The summed E-state index contributed by atoms with van der Waals surface area (Å²) in [6, 6.07) is 4.83. The number of alkyl halides is 5. The average molecular weight is 370 g/mol. The fraction of sp³-hybridized carbons (Fsp3) is 0.533. The number of ether oxygens (including phenoxy) is 2. The largest absolute Gasteiger partial charge is 0.435 e. The highest BCUT2D eigenvalue weighted by Gasteiger charge is 2.27. The van der Waals surface area contributed by atoms with Crippen LogP contribution in [0.3, 0.4) is 0 Å². The zero-order valence-electron chi connectivity index (χ0n) is 13.4. The van der Waals surface area contributed by atoms with Crippen LogP contribution in [0, 0.1) is 0 Å². The fourth-order valence-electron chi connectivity index (χ4n) is 1.83. The predicted molar refractivity (Wildman–Crippen MR) is 79.6 cm³/mol. The van der Waals surface area contributed by atoms with Crippen LogP contribution in [0.25, 0.3) is 0 Å². The minimum Gasteiger partial charge on any atom is -0.435 e. The van der Waals surface area contributed by atoms with E-state index in [1.165, 1.54) is 19.1 Å². The Hall–Kier alpha value is -2.10. The Morgan fingerprint density at radius 3 is 2.40 bits per heavy atom. The molecular weight excluding hydrogens is 351 g/mol. The molecule has 0 aliphatic heterocycles. The average Bonchev–Trinajstić information content (AvgIpc) is 2.47. The maximum atomic E-state index is 12.0. The number of hydrogen-bond acceptors (Lipinski definition) is 3. The molecule has 1 rings (SSSR count). The van der Waals surface area contributed by atoms with Gasteiger partial charge in [0.25, 0.3) is 0 Å². The number of hydrogen-bond donors (Lipinski definition) is 2. The highest BCUT2D eigenvalue weighted by Crippen LogP contribution is 2.15. The van der Waals surface area contributed by atoms with E-state index in [0.29, 0.717) is 6.42 Å². The van der Waals surface area contributed by atoms with Crippen LogP contribution in [0.15, 0.2) is 24.3 Å². The quantitative estimate of drug-likeness (QED) is 0.657. The van der Waals surface area contributed by atoms with Crippen LogP contribution in [0.4, 0.5) is 26.7 Å². The molecule has 2 N–H and O–H groups in total. The molecule has 1 atom stereocenters. The van der Waals surface area contributed by atoms with Gasteiger partial charge in [0.05, 0.1) is 12.6 Å². The summed E-state index contributed by atoms with van der Waals surface area (Å²) >= 11 is 0. The lowest BCUT2D eigenvalue weighted by Gasteiger charge is -2.15. The van der Waals surface area contributed by atoms with E-state index in [4.69, 9.17) is 0 Å². The van der Waals surface area contributed by atoms with Gasteiger partial charge in [-0.2, -0.15) is 22.0 Å². The predicted octanol–water partition coefficient (Wildman–Crippen LogP) is 3.10. The summed E-state index contributed by atoms with van der Waals surface area (Å²) in [4.78, 5) is 11.6. The number of benzene rings is 1. The van der Waals surface area contributed by atoms with E-state index >= 15 is 0 Å². The summed E-state index contributed by atoms with van der Waals surface area (Å²) in [6.07, 6.45) is -3.96. The molecule has 2 amide bonds. The van der Waals surface area contributed by atoms with Crippen molar-refractivity contribution in [2.24, 2.45) is 0 Å². The van der Waals surface area contributed by atoms with Crippen molar-refractivity contribution >= 4 is 6.03 Å². The van der Waals surface area contributed by atoms with Gasteiger partial charge in [0.15, 0.2) is 0 Å². The standard InChI is InChI=1S/C15H19F5N2O3/c1-10(8-24-9-15(18,19)20)22-14(23)21-7-6-11-2-4-12(5-3-11)25-13(16)17/h2-5,10,13H,6-9H2,1H3,(H2,21,22,23). The third kappa shape index (κ3) is 10.4. The van der Waals surface area contributed by atoms with Crippen molar-refractivity contribution in [2.75, 3.05) is 19.8 Å². The minimum atomic E-state index is -4.40. The smallest absolute Gasteiger partial charge is 0.411 e. The second-order valence-corrected chi connectivity index (χ2v) is 5.20. The number of rotatable bonds is 9. The molecule has 5 nitrogen and oxygen atoms in total. The Kier molecular flexibility index (Phi) is 8.39. The summed E-state index contributed by atoms with van der Waals surface area (Å²) in [5.74, 6) is 0.0390. The summed E-state index contributed by atoms with van der Waals surface area (Å²) in [6.45, 7) is -2.75. The first-order chi connectivity index (χ1) is 11.7. The van der Waals surface area contributed by atoms with E-state index in [9.17, 15) is 26.7 Å². The van der Waals surface area contributed by atoms with Gasteiger partial charge >= 0.3 is 18.8 Å². The second-order valence-electron chi connectivity index (χ2n) is 5.20. The Bertz CT molecular complexity index is 523. The number of halogens is 5. The number of amides is 2. The van der Waals surface area contributed by atoms with Crippen LogP contribution in [-0.4, -0.2) is 44.6 Å². The highest BCUT2D eigenvalue weighted by molar-refractivity contribution is 5.74. The van der Waals surface area contributed by atoms with Crippen molar-refractivity contribution in [3.8, 4) is 5.75 Å². The van der Waals surface area contributed by atoms with Crippen LogP contribution in [0.1, 0.15) is 12.5 Å². The van der Waals surface area contributed by atoms with Gasteiger partial charge in [-0.25, -0.2) is 4.79 Å². The normalized spacial score (nSPS) is 12.8. The molecule has 0 saturated heterocycles. The molecule has 0 saturated carbocycles. The van der Waals surface area contributed by atoms with Crippen molar-refractivity contribution in [3.63, 3.8) is 0 Å². The van der Waals surface area contributed by atoms with Crippen molar-refractivity contribution in [3.05, 3.63) is 29.8 Å².